The average Bonchev–Trinajstić information content (AvgIpc) is 2.41. The zero-order valence-corrected chi connectivity index (χ0v) is 13.3. The van der Waals surface area contributed by atoms with Gasteiger partial charge in [-0.05, 0) is 36.4 Å². The number of hydrogen-bond donors (Lipinski definition) is 1. The molecular weight excluding hydrogens is 361 g/mol. The minimum Gasteiger partial charge on any atom is -0.322 e. The van der Waals surface area contributed by atoms with Crippen molar-refractivity contribution in [2.24, 2.45) is 0 Å². The van der Waals surface area contributed by atoms with E-state index < -0.39 is 21.6 Å². The van der Waals surface area contributed by atoms with Gasteiger partial charge in [0, 0.05) is 16.4 Å². The molecule has 0 spiro atoms. The molecule has 0 saturated heterocycles. The van der Waals surface area contributed by atoms with Gasteiger partial charge in [0.1, 0.15) is 5.82 Å². The summed E-state index contributed by atoms with van der Waals surface area (Å²) in [5.41, 5.74) is 0.149. The molecule has 0 heterocycles. The maximum absolute atomic E-state index is 13.6. The van der Waals surface area contributed by atoms with E-state index in [0.717, 1.165) is 6.26 Å². The van der Waals surface area contributed by atoms with Crippen LogP contribution < -0.4 is 5.32 Å². The Kier molecular flexibility index (Phi) is 4.43. The molecule has 4 nitrogen and oxygen atoms in total. The quantitative estimate of drug-likeness (QED) is 0.900. The number of benzene rings is 2. The third-order valence-electron chi connectivity index (χ3n) is 2.69. The molecule has 110 valence electrons. The van der Waals surface area contributed by atoms with Crippen molar-refractivity contribution in [3.05, 3.63) is 58.3 Å². The lowest BCUT2D eigenvalue weighted by Gasteiger charge is -2.08. The number of anilines is 1. The Hall–Kier alpha value is -1.73. The molecule has 0 fully saturated rings. The van der Waals surface area contributed by atoms with Crippen LogP contribution in [0.4, 0.5) is 10.1 Å². The number of rotatable bonds is 3. The Morgan fingerprint density at radius 2 is 1.90 bits per heavy atom. The van der Waals surface area contributed by atoms with Crippen LogP contribution >= 0.6 is 15.9 Å². The van der Waals surface area contributed by atoms with Gasteiger partial charge in [-0.1, -0.05) is 22.0 Å². The molecule has 0 saturated carbocycles. The van der Waals surface area contributed by atoms with Crippen molar-refractivity contribution in [3.63, 3.8) is 0 Å². The van der Waals surface area contributed by atoms with Gasteiger partial charge in [-0.3, -0.25) is 4.79 Å². The van der Waals surface area contributed by atoms with Gasteiger partial charge in [0.25, 0.3) is 5.91 Å². The number of amides is 1. The fourth-order valence-electron chi connectivity index (χ4n) is 1.67. The van der Waals surface area contributed by atoms with Crippen LogP contribution in [0.2, 0.25) is 0 Å². The van der Waals surface area contributed by atoms with Crippen molar-refractivity contribution < 1.29 is 17.6 Å². The third-order valence-corrected chi connectivity index (χ3v) is 4.30. The summed E-state index contributed by atoms with van der Waals surface area (Å²) in [6, 6.07) is 9.78. The monoisotopic (exact) mass is 371 g/mol. The molecule has 2 aromatic rings. The Morgan fingerprint density at radius 1 is 1.19 bits per heavy atom. The molecule has 1 amide bonds. The van der Waals surface area contributed by atoms with Crippen LogP contribution in [0.15, 0.2) is 51.8 Å². The summed E-state index contributed by atoms with van der Waals surface area (Å²) in [7, 11) is -3.37. The molecule has 1 N–H and O–H groups in total. The Morgan fingerprint density at radius 3 is 2.57 bits per heavy atom. The van der Waals surface area contributed by atoms with E-state index in [-0.39, 0.29) is 16.1 Å². The summed E-state index contributed by atoms with van der Waals surface area (Å²) in [5, 5.41) is 2.47. The number of carbonyl (C=O) groups is 1. The molecule has 2 aromatic carbocycles. The Labute approximate surface area is 130 Å². The van der Waals surface area contributed by atoms with E-state index in [0.29, 0.717) is 4.47 Å². The molecular formula is C14H11BrFNO3S. The zero-order valence-electron chi connectivity index (χ0n) is 10.9. The van der Waals surface area contributed by atoms with Crippen LogP contribution in [0, 0.1) is 5.82 Å². The summed E-state index contributed by atoms with van der Waals surface area (Å²) in [6.45, 7) is 0. The van der Waals surface area contributed by atoms with Gasteiger partial charge in [-0.15, -0.1) is 0 Å². The molecule has 0 aliphatic carbocycles. The number of halogens is 2. The van der Waals surface area contributed by atoms with E-state index in [9.17, 15) is 17.6 Å². The molecule has 0 aliphatic rings. The van der Waals surface area contributed by atoms with Crippen molar-refractivity contribution in [1.29, 1.82) is 0 Å². The maximum Gasteiger partial charge on any atom is 0.258 e. The smallest absolute Gasteiger partial charge is 0.258 e. The van der Waals surface area contributed by atoms with E-state index in [4.69, 9.17) is 0 Å². The highest BCUT2D eigenvalue weighted by atomic mass is 79.9. The molecule has 0 unspecified atom stereocenters. The molecule has 0 aromatic heterocycles. The second kappa shape index (κ2) is 5.95. The molecule has 0 aliphatic heterocycles. The summed E-state index contributed by atoms with van der Waals surface area (Å²) >= 11 is 3.16. The van der Waals surface area contributed by atoms with Gasteiger partial charge >= 0.3 is 0 Å². The highest BCUT2D eigenvalue weighted by Gasteiger charge is 2.14. The Bertz CT molecular complexity index is 806. The normalized spacial score (nSPS) is 11.2. The minimum absolute atomic E-state index is 0.0787. The van der Waals surface area contributed by atoms with Crippen LogP contribution in [0.25, 0.3) is 0 Å². The largest absolute Gasteiger partial charge is 0.322 e. The van der Waals surface area contributed by atoms with E-state index in [1.165, 1.54) is 42.5 Å². The van der Waals surface area contributed by atoms with Gasteiger partial charge in [0.2, 0.25) is 0 Å². The van der Waals surface area contributed by atoms with Crippen molar-refractivity contribution in [1.82, 2.24) is 0 Å². The maximum atomic E-state index is 13.6. The van der Waals surface area contributed by atoms with E-state index in [1.54, 1.807) is 0 Å². The fraction of sp³-hybridized carbons (Fsp3) is 0.0714. The van der Waals surface area contributed by atoms with Crippen LogP contribution in [0.5, 0.6) is 0 Å². The Balaban J connectivity index is 2.30. The SMILES string of the molecule is CS(=O)(=O)c1cccc(NC(=O)c2cc(Br)ccc2F)c1. The summed E-state index contributed by atoms with van der Waals surface area (Å²) in [6.07, 6.45) is 1.07. The van der Waals surface area contributed by atoms with E-state index in [2.05, 4.69) is 21.2 Å². The summed E-state index contributed by atoms with van der Waals surface area (Å²) in [4.78, 5) is 12.1. The second-order valence-corrected chi connectivity index (χ2v) is 7.31. The highest BCUT2D eigenvalue weighted by Crippen LogP contribution is 2.19. The molecule has 21 heavy (non-hydrogen) atoms. The van der Waals surface area contributed by atoms with Gasteiger partial charge in [-0.2, -0.15) is 0 Å². The van der Waals surface area contributed by atoms with Gasteiger partial charge in [-0.25, -0.2) is 12.8 Å². The van der Waals surface area contributed by atoms with E-state index >= 15 is 0 Å². The van der Waals surface area contributed by atoms with Crippen LogP contribution in [0.1, 0.15) is 10.4 Å². The number of sulfone groups is 1. The number of carbonyl (C=O) groups excluding carboxylic acids is 1. The molecule has 2 rings (SSSR count). The van der Waals surface area contributed by atoms with Crippen molar-refractivity contribution in [3.8, 4) is 0 Å². The van der Waals surface area contributed by atoms with Crippen LogP contribution in [-0.4, -0.2) is 20.6 Å². The fourth-order valence-corrected chi connectivity index (χ4v) is 2.70. The van der Waals surface area contributed by atoms with E-state index in [1.807, 2.05) is 0 Å². The van der Waals surface area contributed by atoms with Crippen molar-refractivity contribution >= 4 is 37.4 Å². The van der Waals surface area contributed by atoms with Gasteiger partial charge in [0.05, 0.1) is 10.5 Å². The topological polar surface area (TPSA) is 63.2 Å². The molecule has 0 bridgehead atoms. The second-order valence-electron chi connectivity index (χ2n) is 4.38. The van der Waals surface area contributed by atoms with Crippen molar-refractivity contribution in [2.45, 2.75) is 4.90 Å². The number of nitrogens with one attached hydrogen (secondary N) is 1. The lowest BCUT2D eigenvalue weighted by molar-refractivity contribution is 0.102. The highest BCUT2D eigenvalue weighted by molar-refractivity contribution is 9.10. The predicted octanol–water partition coefficient (Wildman–Crippen LogP) is 3.24. The first-order chi connectivity index (χ1) is 9.77. The first-order valence-electron chi connectivity index (χ1n) is 5.84. The zero-order chi connectivity index (χ0) is 15.6. The average molecular weight is 372 g/mol. The first kappa shape index (κ1) is 15.7. The van der Waals surface area contributed by atoms with Gasteiger partial charge in [0.15, 0.2) is 9.84 Å². The summed E-state index contributed by atoms with van der Waals surface area (Å²) in [5.74, 6) is -1.31. The molecule has 7 heteroatoms. The lowest BCUT2D eigenvalue weighted by Crippen LogP contribution is -2.14. The van der Waals surface area contributed by atoms with Crippen LogP contribution in [-0.2, 0) is 9.84 Å². The summed E-state index contributed by atoms with van der Waals surface area (Å²) < 4.78 is 37.1. The molecule has 0 radical (unpaired) electrons. The molecule has 0 atom stereocenters. The minimum atomic E-state index is -3.37. The van der Waals surface area contributed by atoms with Crippen LogP contribution in [0.3, 0.4) is 0 Å². The lowest BCUT2D eigenvalue weighted by atomic mass is 10.2. The first-order valence-corrected chi connectivity index (χ1v) is 8.52. The van der Waals surface area contributed by atoms with Gasteiger partial charge < -0.3 is 5.32 Å². The third kappa shape index (κ3) is 3.89. The predicted molar refractivity (Wildman–Crippen MR) is 81.6 cm³/mol. The number of hydrogen-bond acceptors (Lipinski definition) is 3. The van der Waals surface area contributed by atoms with Crippen molar-refractivity contribution in [2.75, 3.05) is 11.6 Å². The standard InChI is InChI=1S/C14H11BrFNO3S/c1-21(19,20)11-4-2-3-10(8-11)17-14(18)12-7-9(15)5-6-13(12)16/h2-8H,1H3,(H,17,18).